The molecule has 2 saturated carbocycles. The van der Waals surface area contributed by atoms with Gasteiger partial charge in [-0.05, 0) is 25.2 Å². The van der Waals surface area contributed by atoms with E-state index in [2.05, 4.69) is 17.1 Å². The Morgan fingerprint density at radius 3 is 2.63 bits per heavy atom. The van der Waals surface area contributed by atoms with Crippen molar-refractivity contribution in [1.82, 2.24) is 10.2 Å². The van der Waals surface area contributed by atoms with E-state index in [4.69, 9.17) is 0 Å². The third-order valence-corrected chi connectivity index (χ3v) is 5.20. The molecule has 1 heterocycles. The van der Waals surface area contributed by atoms with Gasteiger partial charge in [0.25, 0.3) is 0 Å². The first-order valence-electron chi connectivity index (χ1n) is 7.78. The average Bonchev–Trinajstić information content (AvgIpc) is 3.20. The number of carbonyl (C=O) groups is 1. The van der Waals surface area contributed by atoms with Gasteiger partial charge in [-0.3, -0.25) is 4.79 Å². The van der Waals surface area contributed by atoms with E-state index in [0.717, 1.165) is 31.5 Å². The van der Waals surface area contributed by atoms with E-state index in [-0.39, 0.29) is 12.4 Å². The molecule has 3 rings (SSSR count). The summed E-state index contributed by atoms with van der Waals surface area (Å²) in [4.78, 5) is 14.7. The Kier molecular flexibility index (Phi) is 5.13. The van der Waals surface area contributed by atoms with Gasteiger partial charge < -0.3 is 10.2 Å². The highest BCUT2D eigenvalue weighted by atomic mass is 35.5. The number of carbonyl (C=O) groups excluding carboxylic acids is 1. The summed E-state index contributed by atoms with van der Waals surface area (Å²) in [5.74, 6) is 2.44. The van der Waals surface area contributed by atoms with Crippen LogP contribution < -0.4 is 5.32 Å². The minimum atomic E-state index is 0. The molecule has 3 nitrogen and oxygen atoms in total. The molecule has 1 saturated heterocycles. The number of amides is 1. The number of nitrogens with one attached hydrogen (secondary N) is 1. The molecule has 110 valence electrons. The summed E-state index contributed by atoms with van der Waals surface area (Å²) < 4.78 is 0. The van der Waals surface area contributed by atoms with E-state index in [0.29, 0.717) is 17.9 Å². The van der Waals surface area contributed by atoms with Crippen LogP contribution in [-0.2, 0) is 4.79 Å². The van der Waals surface area contributed by atoms with Gasteiger partial charge in [-0.2, -0.15) is 0 Å². The maximum absolute atomic E-state index is 12.5. The molecule has 0 radical (unpaired) electrons. The molecule has 3 fully saturated rings. The van der Waals surface area contributed by atoms with E-state index in [1.807, 2.05) is 0 Å². The monoisotopic (exact) mass is 286 g/mol. The fourth-order valence-corrected chi connectivity index (χ4v) is 3.96. The highest BCUT2D eigenvalue weighted by Gasteiger charge is 2.49. The Bertz CT molecular complexity index is 317. The van der Waals surface area contributed by atoms with Crippen LogP contribution in [0.15, 0.2) is 0 Å². The van der Waals surface area contributed by atoms with Crippen molar-refractivity contribution in [2.45, 2.75) is 51.5 Å². The van der Waals surface area contributed by atoms with Gasteiger partial charge in [-0.25, -0.2) is 0 Å². The van der Waals surface area contributed by atoms with Gasteiger partial charge in [-0.15, -0.1) is 12.4 Å². The van der Waals surface area contributed by atoms with Gasteiger partial charge in [0.2, 0.25) is 5.91 Å². The number of hydrogen-bond acceptors (Lipinski definition) is 2. The van der Waals surface area contributed by atoms with Crippen molar-refractivity contribution >= 4 is 18.3 Å². The maximum Gasteiger partial charge on any atom is 0.226 e. The SMILES string of the molecule is C[C@H]1CNCCN1C(=O)C1CC1C1CCCCC1.Cl. The lowest BCUT2D eigenvalue weighted by Crippen LogP contribution is -2.52. The molecule has 19 heavy (non-hydrogen) atoms. The molecule has 0 aromatic rings. The Hall–Kier alpha value is -0.280. The number of rotatable bonds is 2. The van der Waals surface area contributed by atoms with Crippen LogP contribution in [0.25, 0.3) is 0 Å². The molecule has 3 aliphatic rings. The first-order valence-corrected chi connectivity index (χ1v) is 7.78. The van der Waals surface area contributed by atoms with E-state index >= 15 is 0 Å². The molecule has 2 unspecified atom stereocenters. The van der Waals surface area contributed by atoms with Gasteiger partial charge >= 0.3 is 0 Å². The van der Waals surface area contributed by atoms with Crippen LogP contribution in [0.4, 0.5) is 0 Å². The molecule has 1 N–H and O–H groups in total. The van der Waals surface area contributed by atoms with E-state index in [1.54, 1.807) is 0 Å². The summed E-state index contributed by atoms with van der Waals surface area (Å²) in [6.07, 6.45) is 8.14. The molecule has 0 aromatic heterocycles. The van der Waals surface area contributed by atoms with Gasteiger partial charge in [0.15, 0.2) is 0 Å². The highest BCUT2D eigenvalue weighted by molar-refractivity contribution is 5.85. The zero-order valence-corrected chi connectivity index (χ0v) is 12.8. The van der Waals surface area contributed by atoms with Gasteiger partial charge in [0.1, 0.15) is 0 Å². The molecule has 2 aliphatic carbocycles. The predicted octanol–water partition coefficient (Wildman–Crippen LogP) is 2.44. The fourth-order valence-electron chi connectivity index (χ4n) is 3.96. The number of halogens is 1. The van der Waals surface area contributed by atoms with Crippen molar-refractivity contribution < 1.29 is 4.79 Å². The number of nitrogens with zero attached hydrogens (tertiary/aromatic N) is 1. The van der Waals surface area contributed by atoms with Gasteiger partial charge in [0.05, 0.1) is 0 Å². The summed E-state index contributed by atoms with van der Waals surface area (Å²) in [7, 11) is 0. The summed E-state index contributed by atoms with van der Waals surface area (Å²) in [5.41, 5.74) is 0. The van der Waals surface area contributed by atoms with Crippen molar-refractivity contribution in [3.05, 3.63) is 0 Å². The summed E-state index contributed by atoms with van der Waals surface area (Å²) >= 11 is 0. The lowest BCUT2D eigenvalue weighted by molar-refractivity contribution is -0.135. The van der Waals surface area contributed by atoms with E-state index < -0.39 is 0 Å². The Labute approximate surface area is 122 Å². The average molecular weight is 287 g/mol. The summed E-state index contributed by atoms with van der Waals surface area (Å²) in [6, 6.07) is 0.388. The first-order chi connectivity index (χ1) is 8.77. The largest absolute Gasteiger partial charge is 0.337 e. The molecular weight excluding hydrogens is 260 g/mol. The molecule has 4 heteroatoms. The second-order valence-electron chi connectivity index (χ2n) is 6.49. The van der Waals surface area contributed by atoms with Crippen molar-refractivity contribution in [2.75, 3.05) is 19.6 Å². The molecule has 0 spiro atoms. The lowest BCUT2D eigenvalue weighted by atomic mass is 9.85. The van der Waals surface area contributed by atoms with Crippen molar-refractivity contribution in [2.24, 2.45) is 17.8 Å². The molecule has 3 atom stereocenters. The van der Waals surface area contributed by atoms with Crippen molar-refractivity contribution in [3.63, 3.8) is 0 Å². The van der Waals surface area contributed by atoms with Crippen LogP contribution in [-0.4, -0.2) is 36.5 Å². The number of piperazine rings is 1. The molecule has 1 amide bonds. The minimum Gasteiger partial charge on any atom is -0.337 e. The van der Waals surface area contributed by atoms with Crippen LogP contribution in [0.5, 0.6) is 0 Å². The van der Waals surface area contributed by atoms with Crippen LogP contribution in [0.2, 0.25) is 0 Å². The standard InChI is InChI=1S/C15H26N2O.ClH/c1-11-10-16-7-8-17(11)15(18)14-9-13(14)12-5-3-2-4-6-12;/h11-14,16H,2-10H2,1H3;1H/t11-,13?,14?;/m0./s1. The maximum atomic E-state index is 12.5. The smallest absolute Gasteiger partial charge is 0.226 e. The topological polar surface area (TPSA) is 32.3 Å². The van der Waals surface area contributed by atoms with Gasteiger partial charge in [0, 0.05) is 31.6 Å². The lowest BCUT2D eigenvalue weighted by Gasteiger charge is -2.34. The fraction of sp³-hybridized carbons (Fsp3) is 0.933. The first kappa shape index (κ1) is 15.1. The molecular formula is C15H27ClN2O. The highest BCUT2D eigenvalue weighted by Crippen LogP contribution is 2.50. The molecule has 0 aromatic carbocycles. The van der Waals surface area contributed by atoms with Crippen molar-refractivity contribution in [1.29, 1.82) is 0 Å². The molecule has 1 aliphatic heterocycles. The number of hydrogen-bond donors (Lipinski definition) is 1. The van der Waals surface area contributed by atoms with Crippen LogP contribution in [0, 0.1) is 17.8 Å². The zero-order valence-electron chi connectivity index (χ0n) is 11.9. The zero-order chi connectivity index (χ0) is 12.5. The summed E-state index contributed by atoms with van der Waals surface area (Å²) in [6.45, 7) is 5.01. The van der Waals surface area contributed by atoms with Crippen LogP contribution >= 0.6 is 12.4 Å². The Morgan fingerprint density at radius 2 is 1.95 bits per heavy atom. The second kappa shape index (κ2) is 6.45. The normalized spacial score (nSPS) is 35.6. The van der Waals surface area contributed by atoms with Crippen LogP contribution in [0.1, 0.15) is 45.4 Å². The summed E-state index contributed by atoms with van der Waals surface area (Å²) in [5, 5.41) is 3.36. The third kappa shape index (κ3) is 3.25. The van der Waals surface area contributed by atoms with Gasteiger partial charge in [-0.1, -0.05) is 32.1 Å². The van der Waals surface area contributed by atoms with E-state index in [9.17, 15) is 4.79 Å². The quantitative estimate of drug-likeness (QED) is 0.846. The molecule has 0 bridgehead atoms. The third-order valence-electron chi connectivity index (χ3n) is 5.20. The van der Waals surface area contributed by atoms with Crippen LogP contribution in [0.3, 0.4) is 0 Å². The van der Waals surface area contributed by atoms with Crippen molar-refractivity contribution in [3.8, 4) is 0 Å². The minimum absolute atomic E-state index is 0. The predicted molar refractivity (Wildman–Crippen MR) is 79.5 cm³/mol. The Balaban J connectivity index is 0.00000133. The Morgan fingerprint density at radius 1 is 1.21 bits per heavy atom. The second-order valence-corrected chi connectivity index (χ2v) is 6.49. The van der Waals surface area contributed by atoms with E-state index in [1.165, 1.54) is 38.5 Å².